The first-order chi connectivity index (χ1) is 9.86. The molecule has 0 saturated carbocycles. The fourth-order valence-electron chi connectivity index (χ4n) is 2.38. The van der Waals surface area contributed by atoms with Crippen LogP contribution in [0.2, 0.25) is 0 Å². The van der Waals surface area contributed by atoms with Gasteiger partial charge in [0.1, 0.15) is 5.82 Å². The molecule has 21 heavy (non-hydrogen) atoms. The first-order valence-corrected chi connectivity index (χ1v) is 8.36. The minimum atomic E-state index is -3.64. The van der Waals surface area contributed by atoms with Gasteiger partial charge in [0.2, 0.25) is 10.0 Å². The number of benzene rings is 1. The van der Waals surface area contributed by atoms with Gasteiger partial charge in [0.25, 0.3) is 0 Å². The lowest BCUT2D eigenvalue weighted by molar-refractivity contribution is -0.0170. The Morgan fingerprint density at radius 3 is 2.81 bits per heavy atom. The largest absolute Gasteiger partial charge is 0.375 e. The molecule has 1 heterocycles. The summed E-state index contributed by atoms with van der Waals surface area (Å²) in [4.78, 5) is 0.120. The van der Waals surface area contributed by atoms with E-state index in [1.807, 2.05) is 13.8 Å². The van der Waals surface area contributed by atoms with Gasteiger partial charge in [0.05, 0.1) is 17.6 Å². The van der Waals surface area contributed by atoms with E-state index in [9.17, 15) is 12.8 Å². The molecule has 0 amide bonds. The van der Waals surface area contributed by atoms with E-state index in [2.05, 4.69) is 5.32 Å². The topological polar surface area (TPSA) is 58.6 Å². The number of ether oxygens (including phenoxy) is 1. The van der Waals surface area contributed by atoms with Crippen LogP contribution in [-0.2, 0) is 21.3 Å². The number of nitrogens with one attached hydrogen (secondary N) is 1. The molecule has 2 atom stereocenters. The van der Waals surface area contributed by atoms with Gasteiger partial charge in [0, 0.05) is 24.7 Å². The van der Waals surface area contributed by atoms with Crippen LogP contribution in [0.15, 0.2) is 23.1 Å². The molecule has 118 valence electrons. The van der Waals surface area contributed by atoms with Crippen molar-refractivity contribution in [3.05, 3.63) is 29.6 Å². The number of sulfonamides is 1. The lowest BCUT2D eigenvalue weighted by atomic mass is 10.2. The van der Waals surface area contributed by atoms with E-state index in [4.69, 9.17) is 4.74 Å². The summed E-state index contributed by atoms with van der Waals surface area (Å²) in [5.74, 6) is -0.410. The molecule has 1 aromatic carbocycles. The molecular formula is C14H21FN2O3S. The summed E-state index contributed by atoms with van der Waals surface area (Å²) in [6.07, 6.45) is -0.145. The summed E-state index contributed by atoms with van der Waals surface area (Å²) >= 11 is 0. The third-order valence-electron chi connectivity index (χ3n) is 3.54. The normalized spacial score (nSPS) is 24.2. The van der Waals surface area contributed by atoms with Crippen molar-refractivity contribution in [3.63, 3.8) is 0 Å². The van der Waals surface area contributed by atoms with Crippen LogP contribution < -0.4 is 5.32 Å². The van der Waals surface area contributed by atoms with E-state index in [0.29, 0.717) is 18.7 Å². The molecule has 0 spiro atoms. The average molecular weight is 316 g/mol. The maximum atomic E-state index is 13.7. The summed E-state index contributed by atoms with van der Waals surface area (Å²) < 4.78 is 46.0. The molecule has 1 saturated heterocycles. The highest BCUT2D eigenvalue weighted by atomic mass is 32.2. The molecule has 1 N–H and O–H groups in total. The first-order valence-electron chi connectivity index (χ1n) is 6.92. The van der Waals surface area contributed by atoms with Crippen LogP contribution in [0.5, 0.6) is 0 Å². The highest BCUT2D eigenvalue weighted by Gasteiger charge is 2.34. The second-order valence-electron chi connectivity index (χ2n) is 5.35. The summed E-state index contributed by atoms with van der Waals surface area (Å²) in [6, 6.07) is 3.68. The van der Waals surface area contributed by atoms with Crippen molar-refractivity contribution in [2.45, 2.75) is 37.4 Å². The van der Waals surface area contributed by atoms with Gasteiger partial charge in [-0.05, 0) is 39.1 Å². The second kappa shape index (κ2) is 6.39. The van der Waals surface area contributed by atoms with E-state index in [-0.39, 0.29) is 23.6 Å². The average Bonchev–Trinajstić information content (AvgIpc) is 2.44. The standard InChI is InChI=1S/C14H21FN2O3S/c1-10-9-20-11(2)8-17(10)21(18,19)13-4-5-14(15)12(6-13)7-16-3/h4-6,10-11,16H,7-9H2,1-3H3. The fraction of sp³-hybridized carbons (Fsp3) is 0.571. The summed E-state index contributed by atoms with van der Waals surface area (Å²) in [5, 5.41) is 2.83. The van der Waals surface area contributed by atoms with Crippen LogP contribution in [0.1, 0.15) is 19.4 Å². The molecule has 7 heteroatoms. The van der Waals surface area contributed by atoms with Crippen LogP contribution in [0.25, 0.3) is 0 Å². The van der Waals surface area contributed by atoms with Gasteiger partial charge >= 0.3 is 0 Å². The summed E-state index contributed by atoms with van der Waals surface area (Å²) in [5.41, 5.74) is 0.340. The molecule has 1 aliphatic heterocycles. The Kier molecular flexibility index (Phi) is 4.98. The van der Waals surface area contributed by atoms with Gasteiger partial charge in [-0.15, -0.1) is 0 Å². The number of morpholine rings is 1. The molecule has 1 aromatic rings. The third-order valence-corrected chi connectivity index (χ3v) is 5.52. The first kappa shape index (κ1) is 16.4. The zero-order valence-electron chi connectivity index (χ0n) is 12.5. The second-order valence-corrected chi connectivity index (χ2v) is 7.24. The zero-order chi connectivity index (χ0) is 15.6. The monoisotopic (exact) mass is 316 g/mol. The van der Waals surface area contributed by atoms with Crippen LogP contribution in [-0.4, -0.2) is 45.1 Å². The molecular weight excluding hydrogens is 295 g/mol. The van der Waals surface area contributed by atoms with Crippen LogP contribution in [0.3, 0.4) is 0 Å². The quantitative estimate of drug-likeness (QED) is 0.911. The third kappa shape index (κ3) is 3.42. The van der Waals surface area contributed by atoms with Crippen LogP contribution in [0.4, 0.5) is 4.39 Å². The molecule has 1 fully saturated rings. The van der Waals surface area contributed by atoms with Gasteiger partial charge in [0.15, 0.2) is 0 Å². The Hall–Kier alpha value is -1.02. The maximum absolute atomic E-state index is 13.7. The lowest BCUT2D eigenvalue weighted by Gasteiger charge is -2.35. The van der Waals surface area contributed by atoms with Crippen molar-refractivity contribution in [3.8, 4) is 0 Å². The highest BCUT2D eigenvalue weighted by molar-refractivity contribution is 7.89. The van der Waals surface area contributed by atoms with Gasteiger partial charge in [-0.1, -0.05) is 0 Å². The summed E-state index contributed by atoms with van der Waals surface area (Å²) in [6.45, 7) is 4.60. The molecule has 0 radical (unpaired) electrons. The van der Waals surface area contributed by atoms with Crippen molar-refractivity contribution < 1.29 is 17.5 Å². The van der Waals surface area contributed by atoms with Gasteiger partial charge in [-0.3, -0.25) is 0 Å². The van der Waals surface area contributed by atoms with Gasteiger partial charge < -0.3 is 10.1 Å². The van der Waals surface area contributed by atoms with E-state index >= 15 is 0 Å². The predicted octanol–water partition coefficient (Wildman–Crippen LogP) is 1.34. The molecule has 0 aliphatic carbocycles. The van der Waals surface area contributed by atoms with Crippen LogP contribution >= 0.6 is 0 Å². The van der Waals surface area contributed by atoms with Gasteiger partial charge in [-0.25, -0.2) is 12.8 Å². The highest BCUT2D eigenvalue weighted by Crippen LogP contribution is 2.24. The molecule has 5 nitrogen and oxygen atoms in total. The SMILES string of the molecule is CNCc1cc(S(=O)(=O)N2CC(C)OCC2C)ccc1F. The number of rotatable bonds is 4. The fourth-order valence-corrected chi connectivity index (χ4v) is 4.12. The van der Waals surface area contributed by atoms with Crippen molar-refractivity contribution in [1.82, 2.24) is 9.62 Å². The van der Waals surface area contributed by atoms with E-state index in [1.54, 1.807) is 7.05 Å². The lowest BCUT2D eigenvalue weighted by Crippen LogP contribution is -2.50. The van der Waals surface area contributed by atoms with Crippen molar-refractivity contribution in [2.75, 3.05) is 20.2 Å². The van der Waals surface area contributed by atoms with Gasteiger partial charge in [-0.2, -0.15) is 4.31 Å². The zero-order valence-corrected chi connectivity index (χ0v) is 13.3. The molecule has 1 aliphatic rings. The number of halogens is 1. The number of hydrogen-bond donors (Lipinski definition) is 1. The Bertz CT molecular complexity index is 606. The minimum absolute atomic E-state index is 0.120. The Morgan fingerprint density at radius 2 is 2.14 bits per heavy atom. The molecule has 0 bridgehead atoms. The Labute approximate surface area is 125 Å². The van der Waals surface area contributed by atoms with E-state index in [1.165, 1.54) is 22.5 Å². The van der Waals surface area contributed by atoms with Crippen LogP contribution in [0, 0.1) is 5.82 Å². The van der Waals surface area contributed by atoms with E-state index in [0.717, 1.165) is 0 Å². The smallest absolute Gasteiger partial charge is 0.243 e. The van der Waals surface area contributed by atoms with Crippen molar-refractivity contribution in [2.24, 2.45) is 0 Å². The van der Waals surface area contributed by atoms with Crippen molar-refractivity contribution >= 4 is 10.0 Å². The predicted molar refractivity (Wildman–Crippen MR) is 77.9 cm³/mol. The Balaban J connectivity index is 2.36. The van der Waals surface area contributed by atoms with E-state index < -0.39 is 15.8 Å². The maximum Gasteiger partial charge on any atom is 0.243 e. The molecule has 2 unspecified atom stereocenters. The minimum Gasteiger partial charge on any atom is -0.375 e. The number of nitrogens with zero attached hydrogens (tertiary/aromatic N) is 1. The molecule has 0 aromatic heterocycles. The molecule has 2 rings (SSSR count). The number of hydrogen-bond acceptors (Lipinski definition) is 4. The van der Waals surface area contributed by atoms with Crippen molar-refractivity contribution in [1.29, 1.82) is 0 Å². The summed E-state index contributed by atoms with van der Waals surface area (Å²) in [7, 11) is -1.96. The Morgan fingerprint density at radius 1 is 1.43 bits per heavy atom.